The molecule has 0 aliphatic carbocycles. The summed E-state index contributed by atoms with van der Waals surface area (Å²) in [4.78, 5) is 12.6. The van der Waals surface area contributed by atoms with Gasteiger partial charge in [-0.1, -0.05) is 87.2 Å². The van der Waals surface area contributed by atoms with Gasteiger partial charge in [-0.3, -0.25) is 0 Å². The molecule has 0 atom stereocenters. The van der Waals surface area contributed by atoms with Crippen LogP contribution in [0.3, 0.4) is 0 Å². The number of unbranched alkanes of at least 4 members (excludes halogenated alkanes) is 4. The summed E-state index contributed by atoms with van der Waals surface area (Å²) < 4.78 is 34.1. The summed E-state index contributed by atoms with van der Waals surface area (Å²) in [6.07, 6.45) is 9.70. The van der Waals surface area contributed by atoms with Crippen molar-refractivity contribution >= 4 is 43.8 Å². The van der Waals surface area contributed by atoms with E-state index in [0.717, 1.165) is 47.5 Å². The monoisotopic (exact) mass is 501 g/mol. The van der Waals surface area contributed by atoms with Crippen molar-refractivity contribution in [2.75, 3.05) is 6.61 Å². The number of para-hydroxylation sites is 2. The number of hydrogen-bond acceptors (Lipinski definition) is 4. The third-order valence-corrected chi connectivity index (χ3v) is 7.90. The second-order valence-corrected chi connectivity index (χ2v) is 10.6. The number of ether oxygens (including phenoxy) is 1. The number of fused-ring (bicyclic) bond motifs is 3. The zero-order chi connectivity index (χ0) is 25.4. The minimum atomic E-state index is -4.05. The molecule has 1 heterocycles. The second kappa shape index (κ2) is 11.9. The Balaban J connectivity index is 1.66. The SMILES string of the molecule is CCCCCCCOC(=O)C(=CC=Cn1c2ccccc2c2ccccc21)S(=O)(=O)c1ccccc1. The van der Waals surface area contributed by atoms with Crippen LogP contribution in [0.5, 0.6) is 0 Å². The number of carbonyl (C=O) groups excluding carboxylic acids is 1. The van der Waals surface area contributed by atoms with E-state index in [2.05, 4.69) is 19.1 Å². The van der Waals surface area contributed by atoms with Crippen LogP contribution in [0.1, 0.15) is 39.0 Å². The van der Waals surface area contributed by atoms with E-state index in [-0.39, 0.29) is 16.4 Å². The molecular weight excluding hydrogens is 470 g/mol. The topological polar surface area (TPSA) is 65.4 Å². The van der Waals surface area contributed by atoms with Crippen LogP contribution in [0, 0.1) is 0 Å². The summed E-state index contributed by atoms with van der Waals surface area (Å²) in [7, 11) is -4.05. The van der Waals surface area contributed by atoms with Crippen molar-refractivity contribution in [3.63, 3.8) is 0 Å². The minimum absolute atomic E-state index is 0.0569. The summed E-state index contributed by atoms with van der Waals surface area (Å²) in [5.74, 6) is -0.832. The molecule has 4 aromatic rings. The van der Waals surface area contributed by atoms with Crippen LogP contribution < -0.4 is 0 Å². The molecule has 0 saturated heterocycles. The Labute approximate surface area is 212 Å². The lowest BCUT2D eigenvalue weighted by molar-refractivity contribution is -0.138. The molecule has 36 heavy (non-hydrogen) atoms. The Morgan fingerprint density at radius 1 is 0.806 bits per heavy atom. The number of rotatable bonds is 11. The Kier molecular flexibility index (Phi) is 8.39. The van der Waals surface area contributed by atoms with Crippen molar-refractivity contribution in [2.45, 2.75) is 43.9 Å². The summed E-state index contributed by atoms with van der Waals surface area (Å²) in [6, 6.07) is 24.0. The fraction of sp³-hybridized carbons (Fsp3) is 0.233. The predicted octanol–water partition coefficient (Wildman–Crippen LogP) is 7.14. The standard InChI is InChI=1S/C30H31NO4S/c1-2-3-4-5-13-23-35-30(32)29(36(33,34)24-15-7-6-8-16-24)21-14-22-31-27-19-11-9-17-25(27)26-18-10-12-20-28(26)31/h6-12,14-22H,2-5,13,23H2,1H3. The van der Waals surface area contributed by atoms with E-state index in [9.17, 15) is 13.2 Å². The molecular formula is C30H31NO4S. The molecule has 0 spiro atoms. The molecule has 6 heteroatoms. The third kappa shape index (κ3) is 5.60. The van der Waals surface area contributed by atoms with Crippen LogP contribution in [0.2, 0.25) is 0 Å². The van der Waals surface area contributed by atoms with Crippen LogP contribution in [0.15, 0.2) is 101 Å². The smallest absolute Gasteiger partial charge is 0.350 e. The van der Waals surface area contributed by atoms with Crippen molar-refractivity contribution in [1.82, 2.24) is 4.57 Å². The van der Waals surface area contributed by atoms with Gasteiger partial charge in [-0.2, -0.15) is 0 Å². The Hall–Kier alpha value is -3.64. The maximum Gasteiger partial charge on any atom is 0.350 e. The van der Waals surface area contributed by atoms with Crippen molar-refractivity contribution in [3.8, 4) is 0 Å². The van der Waals surface area contributed by atoms with E-state index in [1.807, 2.05) is 41.0 Å². The van der Waals surface area contributed by atoms with Gasteiger partial charge >= 0.3 is 5.97 Å². The minimum Gasteiger partial charge on any atom is -0.462 e. The van der Waals surface area contributed by atoms with E-state index >= 15 is 0 Å². The Bertz CT molecular complexity index is 1440. The van der Waals surface area contributed by atoms with Gasteiger partial charge in [-0.15, -0.1) is 0 Å². The molecule has 0 radical (unpaired) electrons. The first-order chi connectivity index (χ1) is 17.5. The number of esters is 1. The van der Waals surface area contributed by atoms with Crippen LogP contribution >= 0.6 is 0 Å². The first kappa shape index (κ1) is 25.5. The summed E-state index contributed by atoms with van der Waals surface area (Å²) in [5, 5.41) is 2.20. The molecule has 5 nitrogen and oxygen atoms in total. The van der Waals surface area contributed by atoms with E-state index in [1.54, 1.807) is 30.5 Å². The van der Waals surface area contributed by atoms with E-state index in [4.69, 9.17) is 4.74 Å². The number of hydrogen-bond donors (Lipinski definition) is 0. The number of allylic oxidation sites excluding steroid dienone is 2. The predicted molar refractivity (Wildman–Crippen MR) is 146 cm³/mol. The highest BCUT2D eigenvalue weighted by Gasteiger charge is 2.27. The van der Waals surface area contributed by atoms with Gasteiger partial charge in [0.05, 0.1) is 22.5 Å². The lowest BCUT2D eigenvalue weighted by Crippen LogP contribution is -2.17. The first-order valence-electron chi connectivity index (χ1n) is 12.4. The molecule has 4 rings (SSSR count). The van der Waals surface area contributed by atoms with Gasteiger partial charge in [-0.05, 0) is 42.8 Å². The molecule has 0 saturated carbocycles. The van der Waals surface area contributed by atoms with Crippen molar-refractivity contribution in [3.05, 3.63) is 95.9 Å². The lowest BCUT2D eigenvalue weighted by Gasteiger charge is -2.09. The fourth-order valence-corrected chi connectivity index (χ4v) is 5.57. The fourth-order valence-electron chi connectivity index (χ4n) is 4.27. The molecule has 0 amide bonds. The third-order valence-electron chi connectivity index (χ3n) is 6.13. The Morgan fingerprint density at radius 3 is 2.03 bits per heavy atom. The van der Waals surface area contributed by atoms with Crippen molar-refractivity contribution in [1.29, 1.82) is 0 Å². The zero-order valence-corrected chi connectivity index (χ0v) is 21.3. The molecule has 186 valence electrons. The summed E-state index contributed by atoms with van der Waals surface area (Å²) in [6.45, 7) is 2.33. The van der Waals surface area contributed by atoms with Gasteiger partial charge in [0, 0.05) is 17.0 Å². The van der Waals surface area contributed by atoms with E-state index < -0.39 is 15.8 Å². The van der Waals surface area contributed by atoms with Gasteiger partial charge in [0.15, 0.2) is 4.91 Å². The maximum atomic E-state index is 13.4. The average Bonchev–Trinajstić information content (AvgIpc) is 3.22. The highest BCUT2D eigenvalue weighted by molar-refractivity contribution is 7.96. The van der Waals surface area contributed by atoms with Gasteiger partial charge in [-0.25, -0.2) is 13.2 Å². The van der Waals surface area contributed by atoms with Crippen LogP contribution in [0.25, 0.3) is 28.0 Å². The normalized spacial score (nSPS) is 12.5. The summed E-state index contributed by atoms with van der Waals surface area (Å²) >= 11 is 0. The summed E-state index contributed by atoms with van der Waals surface area (Å²) in [5.41, 5.74) is 1.98. The molecule has 0 fully saturated rings. The molecule has 1 aromatic heterocycles. The molecule has 0 unspecified atom stereocenters. The van der Waals surface area contributed by atoms with Gasteiger partial charge in [0.25, 0.3) is 0 Å². The molecule has 0 N–H and O–H groups in total. The molecule has 0 aliphatic heterocycles. The van der Waals surface area contributed by atoms with Gasteiger partial charge in [0.2, 0.25) is 9.84 Å². The number of aromatic nitrogens is 1. The number of benzene rings is 3. The van der Waals surface area contributed by atoms with Crippen LogP contribution in [-0.2, 0) is 19.4 Å². The highest BCUT2D eigenvalue weighted by Crippen LogP contribution is 2.29. The second-order valence-electron chi connectivity index (χ2n) is 8.64. The molecule has 3 aromatic carbocycles. The molecule has 0 bridgehead atoms. The first-order valence-corrected chi connectivity index (χ1v) is 13.9. The quantitative estimate of drug-likeness (QED) is 0.0948. The number of sulfone groups is 1. The Morgan fingerprint density at radius 2 is 1.39 bits per heavy atom. The van der Waals surface area contributed by atoms with Crippen molar-refractivity contribution in [2.24, 2.45) is 0 Å². The zero-order valence-electron chi connectivity index (χ0n) is 20.5. The van der Waals surface area contributed by atoms with Crippen LogP contribution in [-0.4, -0.2) is 25.6 Å². The highest BCUT2D eigenvalue weighted by atomic mass is 32.2. The average molecular weight is 502 g/mol. The largest absolute Gasteiger partial charge is 0.462 e. The molecule has 0 aliphatic rings. The van der Waals surface area contributed by atoms with Gasteiger partial charge in [0.1, 0.15) is 0 Å². The number of carbonyl (C=O) groups is 1. The van der Waals surface area contributed by atoms with E-state index in [0.29, 0.717) is 6.42 Å². The van der Waals surface area contributed by atoms with Crippen molar-refractivity contribution < 1.29 is 17.9 Å². The van der Waals surface area contributed by atoms with Crippen LogP contribution in [0.4, 0.5) is 0 Å². The maximum absolute atomic E-state index is 13.4. The number of nitrogens with zero attached hydrogens (tertiary/aromatic N) is 1. The van der Waals surface area contributed by atoms with Gasteiger partial charge < -0.3 is 9.30 Å². The lowest BCUT2D eigenvalue weighted by atomic mass is 10.2. The van der Waals surface area contributed by atoms with E-state index in [1.165, 1.54) is 18.2 Å².